The summed E-state index contributed by atoms with van der Waals surface area (Å²) in [6.45, 7) is 3.40. The van der Waals surface area contributed by atoms with E-state index in [1.807, 2.05) is 13.2 Å². The Hall–Kier alpha value is -0.900. The lowest BCUT2D eigenvalue weighted by molar-refractivity contribution is 0.273. The minimum Gasteiger partial charge on any atom is -0.297 e. The largest absolute Gasteiger partial charge is 0.297 e. The van der Waals surface area contributed by atoms with Crippen molar-refractivity contribution in [3.05, 3.63) is 11.9 Å². The Bertz CT molecular complexity index is 273. The van der Waals surface area contributed by atoms with Crippen LogP contribution < -0.4 is 0 Å². The third-order valence-electron chi connectivity index (χ3n) is 2.73. The van der Waals surface area contributed by atoms with Crippen molar-refractivity contribution in [2.24, 2.45) is 7.05 Å². The molecule has 1 fully saturated rings. The lowest BCUT2D eigenvalue weighted by Gasteiger charge is -2.17. The summed E-state index contributed by atoms with van der Waals surface area (Å²) in [6, 6.07) is 0. The van der Waals surface area contributed by atoms with E-state index in [0.29, 0.717) is 0 Å². The molecule has 78 valence electrons. The molecule has 0 N–H and O–H groups in total. The Balaban J connectivity index is 1.89. The minimum atomic E-state index is 0.966. The zero-order valence-corrected chi connectivity index (χ0v) is 8.82. The van der Waals surface area contributed by atoms with Crippen molar-refractivity contribution in [2.75, 3.05) is 13.1 Å². The Kier molecular flexibility index (Phi) is 3.14. The topological polar surface area (TPSA) is 34.0 Å². The van der Waals surface area contributed by atoms with Crippen LogP contribution in [0.15, 0.2) is 6.20 Å². The lowest BCUT2D eigenvalue weighted by Crippen LogP contribution is -2.24. The van der Waals surface area contributed by atoms with Crippen molar-refractivity contribution in [1.29, 1.82) is 0 Å². The number of hydrogen-bond donors (Lipinski definition) is 0. The second kappa shape index (κ2) is 4.55. The molecule has 2 rings (SSSR count). The molecular formula is C10H18N4. The first-order valence-corrected chi connectivity index (χ1v) is 5.42. The predicted octanol–water partition coefficient (Wildman–Crippen LogP) is 1.19. The molecule has 0 amide bonds. The van der Waals surface area contributed by atoms with Crippen LogP contribution in [-0.4, -0.2) is 33.0 Å². The number of rotatable bonds is 2. The highest BCUT2D eigenvalue weighted by Gasteiger charge is 2.10. The second-order valence-electron chi connectivity index (χ2n) is 4.07. The molecule has 1 aromatic heterocycles. The van der Waals surface area contributed by atoms with Crippen LogP contribution in [0.5, 0.6) is 0 Å². The van der Waals surface area contributed by atoms with E-state index in [1.54, 1.807) is 4.68 Å². The molecule has 4 heteroatoms. The van der Waals surface area contributed by atoms with Crippen molar-refractivity contribution in [2.45, 2.75) is 32.2 Å². The minimum absolute atomic E-state index is 0.966. The number of likely N-dealkylation sites (tertiary alicyclic amines) is 1. The van der Waals surface area contributed by atoms with Crippen LogP contribution in [0.1, 0.15) is 31.4 Å². The summed E-state index contributed by atoms with van der Waals surface area (Å²) in [5, 5.41) is 8.06. The smallest absolute Gasteiger partial charge is 0.0966 e. The number of aromatic nitrogens is 3. The van der Waals surface area contributed by atoms with Gasteiger partial charge < -0.3 is 0 Å². The Morgan fingerprint density at radius 2 is 1.93 bits per heavy atom. The van der Waals surface area contributed by atoms with Crippen LogP contribution in [-0.2, 0) is 13.6 Å². The van der Waals surface area contributed by atoms with Gasteiger partial charge in [0.2, 0.25) is 0 Å². The van der Waals surface area contributed by atoms with Gasteiger partial charge in [-0.15, -0.1) is 5.10 Å². The van der Waals surface area contributed by atoms with Crippen LogP contribution >= 0.6 is 0 Å². The second-order valence-corrected chi connectivity index (χ2v) is 4.07. The molecule has 0 saturated carbocycles. The van der Waals surface area contributed by atoms with Crippen molar-refractivity contribution in [3.8, 4) is 0 Å². The average molecular weight is 194 g/mol. The van der Waals surface area contributed by atoms with E-state index in [2.05, 4.69) is 15.2 Å². The van der Waals surface area contributed by atoms with Gasteiger partial charge in [-0.25, -0.2) is 0 Å². The molecule has 14 heavy (non-hydrogen) atoms. The monoisotopic (exact) mass is 194 g/mol. The predicted molar refractivity (Wildman–Crippen MR) is 54.7 cm³/mol. The number of aryl methyl sites for hydroxylation is 1. The van der Waals surface area contributed by atoms with Gasteiger partial charge in [0.15, 0.2) is 0 Å². The van der Waals surface area contributed by atoms with Crippen LogP contribution in [0.3, 0.4) is 0 Å². The Morgan fingerprint density at radius 1 is 1.21 bits per heavy atom. The van der Waals surface area contributed by atoms with Gasteiger partial charge in [-0.3, -0.25) is 9.58 Å². The molecule has 1 aliphatic rings. The maximum Gasteiger partial charge on any atom is 0.0966 e. The first-order chi connectivity index (χ1) is 6.84. The Labute approximate surface area is 84.9 Å². The molecule has 2 heterocycles. The fourth-order valence-electron chi connectivity index (χ4n) is 1.99. The fourth-order valence-corrected chi connectivity index (χ4v) is 1.99. The molecule has 0 bridgehead atoms. The van der Waals surface area contributed by atoms with Crippen molar-refractivity contribution in [1.82, 2.24) is 19.9 Å². The van der Waals surface area contributed by atoms with Crippen LogP contribution in [0.25, 0.3) is 0 Å². The zero-order valence-electron chi connectivity index (χ0n) is 8.82. The van der Waals surface area contributed by atoms with Gasteiger partial charge in [0, 0.05) is 19.8 Å². The average Bonchev–Trinajstić information content (AvgIpc) is 2.43. The molecule has 0 atom stereocenters. The molecule has 1 aliphatic heterocycles. The summed E-state index contributed by atoms with van der Waals surface area (Å²) in [4.78, 5) is 2.48. The summed E-state index contributed by atoms with van der Waals surface area (Å²) >= 11 is 0. The van der Waals surface area contributed by atoms with E-state index in [4.69, 9.17) is 0 Å². The van der Waals surface area contributed by atoms with Gasteiger partial charge in [0.25, 0.3) is 0 Å². The van der Waals surface area contributed by atoms with Crippen molar-refractivity contribution in [3.63, 3.8) is 0 Å². The number of hydrogen-bond acceptors (Lipinski definition) is 3. The summed E-state index contributed by atoms with van der Waals surface area (Å²) in [7, 11) is 1.92. The van der Waals surface area contributed by atoms with E-state index in [1.165, 1.54) is 38.8 Å². The van der Waals surface area contributed by atoms with Gasteiger partial charge in [-0.1, -0.05) is 18.1 Å². The molecule has 0 aliphatic carbocycles. The van der Waals surface area contributed by atoms with Crippen molar-refractivity contribution < 1.29 is 0 Å². The van der Waals surface area contributed by atoms with Crippen LogP contribution in [0.4, 0.5) is 0 Å². The van der Waals surface area contributed by atoms with E-state index in [0.717, 1.165) is 12.2 Å². The first-order valence-electron chi connectivity index (χ1n) is 5.42. The molecule has 0 spiro atoms. The molecule has 4 nitrogen and oxygen atoms in total. The molecule has 0 radical (unpaired) electrons. The van der Waals surface area contributed by atoms with E-state index >= 15 is 0 Å². The lowest BCUT2D eigenvalue weighted by atomic mass is 10.2. The molecule has 1 saturated heterocycles. The highest BCUT2D eigenvalue weighted by atomic mass is 15.4. The molecule has 1 aromatic rings. The quantitative estimate of drug-likeness (QED) is 0.709. The van der Waals surface area contributed by atoms with E-state index < -0.39 is 0 Å². The highest BCUT2D eigenvalue weighted by Crippen LogP contribution is 2.11. The molecular weight excluding hydrogens is 176 g/mol. The standard InChI is InChI=1S/C10H18N4/c1-13-8-10(11-12-13)9-14-6-4-2-3-5-7-14/h8H,2-7,9H2,1H3. The zero-order chi connectivity index (χ0) is 9.80. The maximum absolute atomic E-state index is 4.11. The molecule has 0 aromatic carbocycles. The summed E-state index contributed by atoms with van der Waals surface area (Å²) < 4.78 is 1.77. The van der Waals surface area contributed by atoms with Gasteiger partial charge in [-0.05, 0) is 25.9 Å². The van der Waals surface area contributed by atoms with Gasteiger partial charge in [0.1, 0.15) is 0 Å². The summed E-state index contributed by atoms with van der Waals surface area (Å²) in [5.74, 6) is 0. The fraction of sp³-hybridized carbons (Fsp3) is 0.800. The normalized spacial score (nSPS) is 19.5. The SMILES string of the molecule is Cn1cc(CN2CCCCCC2)nn1. The maximum atomic E-state index is 4.11. The third-order valence-corrected chi connectivity index (χ3v) is 2.73. The Morgan fingerprint density at radius 3 is 2.50 bits per heavy atom. The van der Waals surface area contributed by atoms with E-state index in [9.17, 15) is 0 Å². The van der Waals surface area contributed by atoms with Crippen molar-refractivity contribution >= 4 is 0 Å². The first kappa shape index (κ1) is 9.65. The van der Waals surface area contributed by atoms with Crippen LogP contribution in [0, 0.1) is 0 Å². The summed E-state index contributed by atoms with van der Waals surface area (Å²) in [5.41, 5.74) is 1.09. The summed E-state index contributed by atoms with van der Waals surface area (Å²) in [6.07, 6.45) is 7.44. The van der Waals surface area contributed by atoms with Gasteiger partial charge >= 0.3 is 0 Å². The number of nitrogens with zero attached hydrogens (tertiary/aromatic N) is 4. The highest BCUT2D eigenvalue weighted by molar-refractivity contribution is 4.91. The van der Waals surface area contributed by atoms with E-state index in [-0.39, 0.29) is 0 Å². The van der Waals surface area contributed by atoms with Crippen LogP contribution in [0.2, 0.25) is 0 Å². The van der Waals surface area contributed by atoms with Gasteiger partial charge in [0.05, 0.1) is 5.69 Å². The third kappa shape index (κ3) is 2.54. The van der Waals surface area contributed by atoms with Gasteiger partial charge in [-0.2, -0.15) is 0 Å². The molecule has 0 unspecified atom stereocenters.